The van der Waals surface area contributed by atoms with Crippen LogP contribution in [0.3, 0.4) is 0 Å². The average Bonchev–Trinajstić information content (AvgIpc) is 3.29. The van der Waals surface area contributed by atoms with E-state index in [1.54, 1.807) is 29.0 Å². The number of carbonyl (C=O) groups is 1. The topological polar surface area (TPSA) is 137 Å². The molecule has 176 valence electrons. The van der Waals surface area contributed by atoms with Crippen molar-refractivity contribution in [3.8, 4) is 0 Å². The summed E-state index contributed by atoms with van der Waals surface area (Å²) < 4.78 is 24.8. The Morgan fingerprint density at radius 3 is 2.65 bits per heavy atom. The Morgan fingerprint density at radius 2 is 1.94 bits per heavy atom. The van der Waals surface area contributed by atoms with Gasteiger partial charge in [0.1, 0.15) is 4.70 Å². The van der Waals surface area contributed by atoms with Crippen molar-refractivity contribution in [3.05, 3.63) is 81.7 Å². The van der Waals surface area contributed by atoms with Gasteiger partial charge in [0.25, 0.3) is 5.56 Å². The molecule has 0 aliphatic heterocycles. The molecule has 0 saturated heterocycles. The molecule has 0 fully saturated rings. The lowest BCUT2D eigenvalue weighted by Gasteiger charge is -2.12. The van der Waals surface area contributed by atoms with Gasteiger partial charge in [-0.25, -0.2) is 18.5 Å². The fourth-order valence-corrected chi connectivity index (χ4v) is 5.32. The lowest BCUT2D eigenvalue weighted by Crippen LogP contribution is -2.28. The van der Waals surface area contributed by atoms with Crippen LogP contribution >= 0.6 is 23.1 Å². The number of nitrogens with one attached hydrogen (secondary N) is 1. The van der Waals surface area contributed by atoms with Crippen LogP contribution in [0.4, 0.5) is 0 Å². The van der Waals surface area contributed by atoms with E-state index in [0.29, 0.717) is 28.3 Å². The van der Waals surface area contributed by atoms with Gasteiger partial charge in [-0.3, -0.25) is 19.1 Å². The Hall–Kier alpha value is -3.06. The second kappa shape index (κ2) is 10.5. The summed E-state index contributed by atoms with van der Waals surface area (Å²) in [5.41, 5.74) is 2.05. The number of nitrogens with zero attached hydrogens (tertiary/aromatic N) is 3. The zero-order chi connectivity index (χ0) is 24.1. The van der Waals surface area contributed by atoms with Crippen molar-refractivity contribution in [1.82, 2.24) is 19.9 Å². The van der Waals surface area contributed by atoms with Crippen LogP contribution < -0.4 is 16.0 Å². The minimum Gasteiger partial charge on any atom is -0.355 e. The highest BCUT2D eigenvalue weighted by atomic mass is 32.2. The highest BCUT2D eigenvalue weighted by molar-refractivity contribution is 7.99. The monoisotopic (exact) mass is 515 g/mol. The molecule has 1 aromatic carbocycles. The van der Waals surface area contributed by atoms with Crippen LogP contribution in [-0.4, -0.2) is 41.2 Å². The van der Waals surface area contributed by atoms with Gasteiger partial charge in [0.05, 0.1) is 28.4 Å². The Kier molecular flexibility index (Phi) is 7.41. The van der Waals surface area contributed by atoms with E-state index >= 15 is 0 Å². The van der Waals surface area contributed by atoms with Gasteiger partial charge in [0, 0.05) is 12.7 Å². The van der Waals surface area contributed by atoms with Crippen molar-refractivity contribution in [2.45, 2.75) is 23.0 Å². The summed E-state index contributed by atoms with van der Waals surface area (Å²) in [5.74, 6) is -0.107. The number of sulfonamides is 1. The molecule has 0 bridgehead atoms. The first kappa shape index (κ1) is 24.1. The summed E-state index contributed by atoms with van der Waals surface area (Å²) in [6.45, 7) is 0.644. The van der Waals surface area contributed by atoms with Gasteiger partial charge in [-0.15, -0.1) is 11.3 Å². The van der Waals surface area contributed by atoms with E-state index in [0.717, 1.165) is 11.3 Å². The summed E-state index contributed by atoms with van der Waals surface area (Å²) >= 11 is 2.53. The summed E-state index contributed by atoms with van der Waals surface area (Å²) in [6.07, 6.45) is 2.20. The number of pyridine rings is 1. The van der Waals surface area contributed by atoms with E-state index in [2.05, 4.69) is 15.3 Å². The molecule has 3 heterocycles. The maximum atomic E-state index is 13.0. The number of rotatable bonds is 9. The Morgan fingerprint density at radius 1 is 1.15 bits per heavy atom. The van der Waals surface area contributed by atoms with Crippen LogP contribution in [0.15, 0.2) is 75.0 Å². The molecule has 4 rings (SSSR count). The van der Waals surface area contributed by atoms with Crippen molar-refractivity contribution in [3.63, 3.8) is 0 Å². The predicted octanol–water partition coefficient (Wildman–Crippen LogP) is 2.00. The molecule has 0 spiro atoms. The summed E-state index contributed by atoms with van der Waals surface area (Å²) in [7, 11) is -3.73. The van der Waals surface area contributed by atoms with Gasteiger partial charge >= 0.3 is 0 Å². The van der Waals surface area contributed by atoms with Gasteiger partial charge in [-0.1, -0.05) is 30.0 Å². The van der Waals surface area contributed by atoms with Gasteiger partial charge in [-0.05, 0) is 47.7 Å². The Bertz CT molecular complexity index is 1470. The van der Waals surface area contributed by atoms with E-state index < -0.39 is 10.0 Å². The number of fused-ring (bicyclic) bond motifs is 1. The first-order valence-corrected chi connectivity index (χ1v) is 13.6. The summed E-state index contributed by atoms with van der Waals surface area (Å²) in [6, 6.07) is 13.5. The van der Waals surface area contributed by atoms with Crippen LogP contribution in [0, 0.1) is 0 Å². The van der Waals surface area contributed by atoms with Crippen LogP contribution in [0.1, 0.15) is 11.3 Å². The number of carbonyl (C=O) groups excluding carboxylic acids is 1. The smallest absolute Gasteiger partial charge is 0.272 e. The first-order valence-electron chi connectivity index (χ1n) is 10.2. The van der Waals surface area contributed by atoms with Gasteiger partial charge < -0.3 is 5.32 Å². The zero-order valence-electron chi connectivity index (χ0n) is 17.9. The van der Waals surface area contributed by atoms with Gasteiger partial charge in [0.2, 0.25) is 15.9 Å². The number of primary sulfonamides is 1. The predicted molar refractivity (Wildman–Crippen MR) is 132 cm³/mol. The molecule has 4 aromatic rings. The number of hydrogen-bond donors (Lipinski definition) is 2. The van der Waals surface area contributed by atoms with E-state index in [4.69, 9.17) is 5.14 Å². The number of hydrogen-bond acceptors (Lipinski definition) is 8. The zero-order valence-corrected chi connectivity index (χ0v) is 20.3. The van der Waals surface area contributed by atoms with E-state index in [9.17, 15) is 18.0 Å². The molecule has 0 saturated carbocycles. The Labute approximate surface area is 204 Å². The lowest BCUT2D eigenvalue weighted by molar-refractivity contribution is -0.118. The molecule has 9 nitrogen and oxygen atoms in total. The van der Waals surface area contributed by atoms with Crippen molar-refractivity contribution in [1.29, 1.82) is 0 Å². The molecule has 3 N–H and O–H groups in total. The highest BCUT2D eigenvalue weighted by Gasteiger charge is 2.15. The summed E-state index contributed by atoms with van der Waals surface area (Å²) in [4.78, 5) is 34.4. The average molecular weight is 516 g/mol. The number of aromatic nitrogens is 3. The molecule has 0 atom stereocenters. The number of amides is 1. The second-order valence-electron chi connectivity index (χ2n) is 7.32. The van der Waals surface area contributed by atoms with Crippen molar-refractivity contribution in [2.24, 2.45) is 5.14 Å². The van der Waals surface area contributed by atoms with E-state index in [1.807, 2.05) is 23.6 Å². The normalized spacial score (nSPS) is 11.6. The fraction of sp³-hybridized carbons (Fsp3) is 0.182. The van der Waals surface area contributed by atoms with E-state index in [-0.39, 0.29) is 28.7 Å². The summed E-state index contributed by atoms with van der Waals surface area (Å²) in [5, 5.41) is 10.2. The molecule has 34 heavy (non-hydrogen) atoms. The first-order chi connectivity index (χ1) is 16.3. The lowest BCUT2D eigenvalue weighted by atomic mass is 10.1. The number of nitrogens with two attached hydrogens (primary N) is 1. The van der Waals surface area contributed by atoms with Crippen LogP contribution in [0.2, 0.25) is 0 Å². The van der Waals surface area contributed by atoms with Crippen LogP contribution in [0.5, 0.6) is 0 Å². The van der Waals surface area contributed by atoms with Gasteiger partial charge in [0.15, 0.2) is 5.16 Å². The van der Waals surface area contributed by atoms with Crippen LogP contribution in [0.25, 0.3) is 10.2 Å². The maximum absolute atomic E-state index is 13.0. The molecule has 3 aromatic heterocycles. The standard InChI is InChI=1S/C22H21N5O4S3/c23-34(30,31)17-6-4-15(5-7-17)8-11-25-19(28)14-33-22-26-18-9-12-32-20(18)21(29)27(22)13-16-3-1-2-10-24-16/h1-7,9-10,12H,8,11,13-14H2,(H,25,28)(H2,23,30,31). The van der Waals surface area contributed by atoms with Crippen molar-refractivity contribution in [2.75, 3.05) is 12.3 Å². The molecule has 0 unspecified atom stereocenters. The Balaban J connectivity index is 1.39. The third-order valence-electron chi connectivity index (χ3n) is 4.90. The van der Waals surface area contributed by atoms with Crippen molar-refractivity contribution >= 4 is 49.2 Å². The minimum absolute atomic E-state index is 0.0449. The molecular formula is C22H21N5O4S3. The molecular weight excluding hydrogens is 494 g/mol. The number of benzene rings is 1. The van der Waals surface area contributed by atoms with Crippen molar-refractivity contribution < 1.29 is 13.2 Å². The molecule has 1 amide bonds. The highest BCUT2D eigenvalue weighted by Crippen LogP contribution is 2.21. The maximum Gasteiger partial charge on any atom is 0.272 e. The second-order valence-corrected chi connectivity index (χ2v) is 10.7. The minimum atomic E-state index is -3.73. The SMILES string of the molecule is NS(=O)(=O)c1ccc(CCNC(=O)CSc2nc3ccsc3c(=O)n2Cc2ccccn2)cc1. The number of thioether (sulfide) groups is 1. The number of thiophene rings is 1. The molecule has 12 heteroatoms. The molecule has 0 aliphatic rings. The van der Waals surface area contributed by atoms with Crippen LogP contribution in [-0.2, 0) is 27.8 Å². The largest absolute Gasteiger partial charge is 0.355 e. The molecule has 0 aliphatic carbocycles. The van der Waals surface area contributed by atoms with E-state index in [1.165, 1.54) is 35.2 Å². The van der Waals surface area contributed by atoms with Gasteiger partial charge in [-0.2, -0.15) is 0 Å². The third-order valence-corrected chi connectivity index (χ3v) is 7.69. The third kappa shape index (κ3) is 5.89. The quantitative estimate of drug-likeness (QED) is 0.257. The fourth-order valence-electron chi connectivity index (χ4n) is 3.20. The molecule has 0 radical (unpaired) electrons.